The van der Waals surface area contributed by atoms with E-state index < -0.39 is 8.99 Å². The number of benzene rings is 2. The second kappa shape index (κ2) is 7.15. The number of rotatable bonds is 4. The van der Waals surface area contributed by atoms with E-state index in [1.54, 1.807) is 0 Å². The minimum absolute atomic E-state index is 0.313. The van der Waals surface area contributed by atoms with Crippen LogP contribution in [0.1, 0.15) is 63.8 Å². The van der Waals surface area contributed by atoms with Gasteiger partial charge in [0.15, 0.2) is 0 Å². The topological polar surface area (TPSA) is 0 Å². The predicted octanol–water partition coefficient (Wildman–Crippen LogP) is 7.76. The van der Waals surface area contributed by atoms with Crippen LogP contribution >= 0.6 is 23.2 Å². The molecule has 29 heavy (non-hydrogen) atoms. The summed E-state index contributed by atoms with van der Waals surface area (Å²) in [5.41, 5.74) is 10.3. The minimum Gasteiger partial charge on any atom is -0.114 e. The van der Waals surface area contributed by atoms with Gasteiger partial charge in [0.2, 0.25) is 0 Å². The van der Waals surface area contributed by atoms with E-state index >= 15 is 0 Å². The van der Waals surface area contributed by atoms with Gasteiger partial charge in [0.1, 0.15) is 9.52 Å². The first kappa shape index (κ1) is 21.0. The van der Waals surface area contributed by atoms with Crippen molar-refractivity contribution >= 4 is 43.9 Å². The summed E-state index contributed by atoms with van der Waals surface area (Å²) in [7, 11) is 0.313. The van der Waals surface area contributed by atoms with Gasteiger partial charge in [-0.3, -0.25) is 0 Å². The first-order valence-corrected chi connectivity index (χ1v) is 12.2. The van der Waals surface area contributed by atoms with Crippen LogP contribution in [0.5, 0.6) is 0 Å². The summed E-state index contributed by atoms with van der Waals surface area (Å²) < 4.78 is -1.15. The molecule has 0 bridgehead atoms. The molecule has 0 aliphatic heterocycles. The van der Waals surface area contributed by atoms with Crippen molar-refractivity contribution in [3.8, 4) is 0 Å². The molecule has 0 amide bonds. The van der Waals surface area contributed by atoms with E-state index in [0.29, 0.717) is 21.4 Å². The summed E-state index contributed by atoms with van der Waals surface area (Å²) >= 11 is 15.3. The Morgan fingerprint density at radius 3 is 1.34 bits per heavy atom. The second-order valence-corrected chi connectivity index (χ2v) is 12.4. The second-order valence-electron chi connectivity index (χ2n) is 8.92. The Morgan fingerprint density at radius 1 is 0.655 bits per heavy atom. The summed E-state index contributed by atoms with van der Waals surface area (Å²) in [6.45, 7) is 13.4. The van der Waals surface area contributed by atoms with Crippen molar-refractivity contribution in [2.75, 3.05) is 0 Å². The first-order chi connectivity index (χ1) is 13.6. The number of halogens is 2. The Balaban J connectivity index is 1.94. The van der Waals surface area contributed by atoms with Gasteiger partial charge in [0.25, 0.3) is 0 Å². The quantitative estimate of drug-likeness (QED) is 0.337. The highest BCUT2D eigenvalue weighted by Gasteiger charge is 2.53. The zero-order valence-electron chi connectivity index (χ0n) is 18.0. The molecular weight excluding hydrogens is 411 g/mol. The van der Waals surface area contributed by atoms with E-state index in [0.717, 1.165) is 0 Å². The molecule has 3 heteroatoms. The first-order valence-electron chi connectivity index (χ1n) is 10.4. The van der Waals surface area contributed by atoms with Crippen LogP contribution in [0.3, 0.4) is 0 Å². The van der Waals surface area contributed by atoms with Gasteiger partial charge in [0, 0.05) is 0 Å². The fraction of sp³-hybridized carbons (Fsp3) is 0.385. The molecule has 2 radical (unpaired) electrons. The highest BCUT2D eigenvalue weighted by atomic mass is 35.5. The third kappa shape index (κ3) is 2.92. The van der Waals surface area contributed by atoms with Gasteiger partial charge < -0.3 is 0 Å². The lowest BCUT2D eigenvalue weighted by atomic mass is 9.97. The van der Waals surface area contributed by atoms with Crippen molar-refractivity contribution in [3.63, 3.8) is 0 Å². The maximum atomic E-state index is 7.66. The zero-order chi connectivity index (χ0) is 21.1. The van der Waals surface area contributed by atoms with Gasteiger partial charge in [-0.1, -0.05) is 76.2 Å². The van der Waals surface area contributed by atoms with Crippen molar-refractivity contribution in [2.24, 2.45) is 11.8 Å². The Kier molecular flexibility index (Phi) is 5.17. The zero-order valence-corrected chi connectivity index (χ0v) is 20.5. The van der Waals surface area contributed by atoms with Crippen molar-refractivity contribution < 1.29 is 0 Å². The molecule has 150 valence electrons. The van der Waals surface area contributed by atoms with E-state index in [2.05, 4.69) is 90.1 Å². The molecule has 2 unspecified atom stereocenters. The van der Waals surface area contributed by atoms with Crippen molar-refractivity contribution in [2.45, 2.75) is 50.5 Å². The summed E-state index contributed by atoms with van der Waals surface area (Å²) in [5, 5.41) is 0. The van der Waals surface area contributed by atoms with Crippen LogP contribution in [-0.4, -0.2) is 9.52 Å². The van der Waals surface area contributed by atoms with Crippen LogP contribution in [0.15, 0.2) is 59.7 Å². The smallest absolute Gasteiger partial charge is 0.114 e. The lowest BCUT2D eigenvalue weighted by molar-refractivity contribution is 0.688. The van der Waals surface area contributed by atoms with Crippen LogP contribution in [0.25, 0.3) is 11.1 Å². The lowest BCUT2D eigenvalue weighted by Crippen LogP contribution is -2.43. The average molecular weight is 440 g/mol. The van der Waals surface area contributed by atoms with Crippen molar-refractivity contribution in [1.82, 2.24) is 0 Å². The maximum Gasteiger partial charge on any atom is 0.118 e. The summed E-state index contributed by atoms with van der Waals surface area (Å²) in [6, 6.07) is 17.2. The molecule has 0 heterocycles. The van der Waals surface area contributed by atoms with Gasteiger partial charge in [-0.15, -0.1) is 23.2 Å². The molecule has 0 saturated heterocycles. The number of fused-ring (bicyclic) bond motifs is 2. The minimum atomic E-state index is -0.575. The molecule has 0 aromatic heterocycles. The van der Waals surface area contributed by atoms with E-state index in [1.807, 2.05) is 0 Å². The molecule has 2 atom stereocenters. The van der Waals surface area contributed by atoms with Gasteiger partial charge in [-0.05, 0) is 70.2 Å². The molecule has 2 aliphatic carbocycles. The number of hydrogen-bond acceptors (Lipinski definition) is 0. The summed E-state index contributed by atoms with van der Waals surface area (Å²) in [5.74, 6) is 0.716. The molecular formula is C26H28Cl2Si. The number of hydrogen-bond donors (Lipinski definition) is 0. The van der Waals surface area contributed by atoms with E-state index in [4.69, 9.17) is 23.2 Å². The molecule has 0 fully saturated rings. The standard InChI is InChI=1S/C26H28Cl2Si/c1-15(2)23-17(5)19-11-7-9-13-21(19)25(23,27)29-26(28)22-14-10-8-12-20(22)18(6)24(26)16(3)4/h7-16H,1-6H3. The molecule has 4 rings (SSSR count). The van der Waals surface area contributed by atoms with E-state index in [1.165, 1.54) is 44.5 Å². The fourth-order valence-corrected chi connectivity index (χ4v) is 9.93. The molecule has 2 aromatic rings. The summed E-state index contributed by atoms with van der Waals surface area (Å²) in [6.07, 6.45) is 0. The normalized spacial score (nSPS) is 26.0. The van der Waals surface area contributed by atoms with Gasteiger partial charge in [-0.2, -0.15) is 0 Å². The Morgan fingerprint density at radius 2 is 1.00 bits per heavy atom. The fourth-order valence-electron chi connectivity index (χ4n) is 5.49. The van der Waals surface area contributed by atoms with Crippen molar-refractivity contribution in [3.05, 3.63) is 81.9 Å². The van der Waals surface area contributed by atoms with Gasteiger partial charge in [0.05, 0.1) is 8.99 Å². The molecule has 0 spiro atoms. The third-order valence-corrected chi connectivity index (χ3v) is 9.60. The van der Waals surface area contributed by atoms with E-state index in [9.17, 15) is 0 Å². The highest BCUT2D eigenvalue weighted by Crippen LogP contribution is 2.58. The van der Waals surface area contributed by atoms with E-state index in [-0.39, 0.29) is 0 Å². The third-order valence-electron chi connectivity index (χ3n) is 6.45. The van der Waals surface area contributed by atoms with Crippen molar-refractivity contribution in [1.29, 1.82) is 0 Å². The molecule has 0 saturated carbocycles. The predicted molar refractivity (Wildman–Crippen MR) is 129 cm³/mol. The molecule has 2 aliphatic rings. The van der Waals surface area contributed by atoms with Crippen LogP contribution in [0.4, 0.5) is 0 Å². The Bertz CT molecular complexity index is 963. The molecule has 0 N–H and O–H groups in total. The molecule has 2 aromatic carbocycles. The largest absolute Gasteiger partial charge is 0.118 e. The highest BCUT2D eigenvalue weighted by molar-refractivity contribution is 6.70. The van der Waals surface area contributed by atoms with Gasteiger partial charge in [-0.25, -0.2) is 0 Å². The number of allylic oxidation sites excluding steroid dienone is 4. The lowest BCUT2D eigenvalue weighted by Gasteiger charge is -2.38. The average Bonchev–Trinajstić information content (AvgIpc) is 3.01. The summed E-state index contributed by atoms with van der Waals surface area (Å²) in [4.78, 5) is 0. The molecule has 0 nitrogen and oxygen atoms in total. The number of alkyl halides is 2. The maximum absolute atomic E-state index is 7.66. The van der Waals surface area contributed by atoms with Crippen LogP contribution in [-0.2, 0) is 8.99 Å². The Labute approximate surface area is 187 Å². The Hall–Kier alpha value is -1.28. The van der Waals surface area contributed by atoms with Gasteiger partial charge >= 0.3 is 0 Å². The SMILES string of the molecule is CC1=C(C(C)C)C(Cl)([Si]C2(Cl)C(C(C)C)=C(C)c3ccccc32)c2ccccc21. The van der Waals surface area contributed by atoms with Crippen LogP contribution in [0.2, 0.25) is 0 Å². The monoisotopic (exact) mass is 438 g/mol. The van der Waals surface area contributed by atoms with Crippen LogP contribution in [0, 0.1) is 11.8 Å². The van der Waals surface area contributed by atoms with Crippen LogP contribution < -0.4 is 0 Å².